The number of allylic oxidation sites excluding steroid dienone is 2. The van der Waals surface area contributed by atoms with Crippen LogP contribution in [0.2, 0.25) is 0 Å². The minimum atomic E-state index is 0.0692. The summed E-state index contributed by atoms with van der Waals surface area (Å²) in [7, 11) is 0. The number of oxime groups is 1. The van der Waals surface area contributed by atoms with Gasteiger partial charge in [0.05, 0.1) is 17.9 Å². The van der Waals surface area contributed by atoms with Gasteiger partial charge in [-0.2, -0.15) is 0 Å². The molecule has 0 aromatic heterocycles. The van der Waals surface area contributed by atoms with Crippen molar-refractivity contribution >= 4 is 5.71 Å². The van der Waals surface area contributed by atoms with Crippen LogP contribution in [0, 0.1) is 46.8 Å². The standard InChI is InChI=1S/C25H35NO2/c1-3-15-12-16-13-17(26-27)6-7-18(16)19-8-10-24(4-2)23(22(15)19)20-14-21(20)25(24)9-5-11-28-25/h5,9,13,15,18-23,27H,3-4,6-8,10-12,14H2,1-2H3/b26-17+/t15-,18-,19?,20+,21+,22?,23?,24-,25-/m0/s1. The van der Waals surface area contributed by atoms with Crippen LogP contribution in [0.25, 0.3) is 0 Å². The predicted octanol–water partition coefficient (Wildman–Crippen LogP) is 5.60. The van der Waals surface area contributed by atoms with Gasteiger partial charge in [-0.05, 0) is 92.4 Å². The van der Waals surface area contributed by atoms with Crippen LogP contribution in [0.15, 0.2) is 29.0 Å². The molecule has 5 aliphatic carbocycles. The van der Waals surface area contributed by atoms with Crippen LogP contribution in [0.4, 0.5) is 0 Å². The van der Waals surface area contributed by atoms with Crippen molar-refractivity contribution in [3.63, 3.8) is 0 Å². The Hall–Kier alpha value is -1.09. The van der Waals surface area contributed by atoms with Gasteiger partial charge in [-0.3, -0.25) is 0 Å². The molecular weight excluding hydrogens is 346 g/mol. The normalized spacial score (nSPS) is 54.9. The summed E-state index contributed by atoms with van der Waals surface area (Å²) in [5, 5.41) is 12.9. The lowest BCUT2D eigenvalue weighted by molar-refractivity contribution is -0.151. The molecule has 152 valence electrons. The first-order valence-corrected chi connectivity index (χ1v) is 11.9. The topological polar surface area (TPSA) is 41.8 Å². The van der Waals surface area contributed by atoms with Crippen molar-refractivity contribution in [3.8, 4) is 0 Å². The Kier molecular flexibility index (Phi) is 3.78. The van der Waals surface area contributed by atoms with E-state index in [1.165, 1.54) is 44.9 Å². The minimum absolute atomic E-state index is 0.0692. The highest BCUT2D eigenvalue weighted by atomic mass is 16.5. The van der Waals surface area contributed by atoms with Crippen molar-refractivity contribution < 1.29 is 9.94 Å². The number of rotatable bonds is 2. The lowest BCUT2D eigenvalue weighted by Crippen LogP contribution is -2.57. The van der Waals surface area contributed by atoms with E-state index in [2.05, 4.69) is 37.2 Å². The first-order chi connectivity index (χ1) is 13.7. The number of ether oxygens (including phenoxy) is 1. The van der Waals surface area contributed by atoms with Gasteiger partial charge in [-0.25, -0.2) is 0 Å². The average molecular weight is 382 g/mol. The lowest BCUT2D eigenvalue weighted by Gasteiger charge is -2.60. The Morgan fingerprint density at radius 1 is 1.25 bits per heavy atom. The maximum Gasteiger partial charge on any atom is 0.0957 e. The summed E-state index contributed by atoms with van der Waals surface area (Å²) in [6, 6.07) is 0. The predicted molar refractivity (Wildman–Crippen MR) is 110 cm³/mol. The van der Waals surface area contributed by atoms with Gasteiger partial charge in [0, 0.05) is 5.41 Å². The van der Waals surface area contributed by atoms with Crippen molar-refractivity contribution in [1.82, 2.24) is 0 Å². The zero-order valence-corrected chi connectivity index (χ0v) is 17.4. The van der Waals surface area contributed by atoms with E-state index in [1.807, 2.05) is 0 Å². The third-order valence-corrected chi connectivity index (χ3v) is 10.3. The van der Waals surface area contributed by atoms with Gasteiger partial charge < -0.3 is 9.94 Å². The summed E-state index contributed by atoms with van der Waals surface area (Å²) >= 11 is 0. The first kappa shape index (κ1) is 17.7. The molecule has 0 saturated heterocycles. The molecule has 1 aliphatic heterocycles. The van der Waals surface area contributed by atoms with E-state index >= 15 is 0 Å². The quantitative estimate of drug-likeness (QED) is 0.384. The summed E-state index contributed by atoms with van der Waals surface area (Å²) < 4.78 is 6.64. The zero-order valence-electron chi connectivity index (χ0n) is 17.4. The Balaban J connectivity index is 1.42. The van der Waals surface area contributed by atoms with Gasteiger partial charge in [0.15, 0.2) is 0 Å². The fourth-order valence-corrected chi connectivity index (χ4v) is 9.36. The number of hydrogen-bond acceptors (Lipinski definition) is 3. The van der Waals surface area contributed by atoms with Crippen molar-refractivity contribution in [1.29, 1.82) is 0 Å². The van der Waals surface area contributed by atoms with Gasteiger partial charge in [0.2, 0.25) is 0 Å². The zero-order chi connectivity index (χ0) is 19.1. The molecule has 6 aliphatic rings. The summed E-state index contributed by atoms with van der Waals surface area (Å²) in [6.07, 6.45) is 17.2. The molecule has 3 heteroatoms. The fourth-order valence-electron chi connectivity index (χ4n) is 9.36. The van der Waals surface area contributed by atoms with Gasteiger partial charge in [0.25, 0.3) is 0 Å². The summed E-state index contributed by atoms with van der Waals surface area (Å²) in [6.45, 7) is 5.70. The molecule has 1 heterocycles. The molecule has 3 nitrogen and oxygen atoms in total. The Labute approximate surface area is 169 Å². The average Bonchev–Trinajstić information content (AvgIpc) is 3.31. The van der Waals surface area contributed by atoms with E-state index in [-0.39, 0.29) is 5.60 Å². The molecule has 4 saturated carbocycles. The van der Waals surface area contributed by atoms with Gasteiger partial charge >= 0.3 is 0 Å². The van der Waals surface area contributed by atoms with Crippen LogP contribution in [-0.4, -0.2) is 23.1 Å². The second kappa shape index (κ2) is 5.97. The van der Waals surface area contributed by atoms with E-state index in [0.717, 1.165) is 60.2 Å². The van der Waals surface area contributed by atoms with Crippen LogP contribution < -0.4 is 0 Å². The number of nitrogens with zero attached hydrogens (tertiary/aromatic N) is 1. The second-order valence-electron chi connectivity index (χ2n) is 10.7. The van der Waals surface area contributed by atoms with Crippen LogP contribution in [0.5, 0.6) is 0 Å². The van der Waals surface area contributed by atoms with E-state index in [0.29, 0.717) is 5.41 Å². The van der Waals surface area contributed by atoms with Gasteiger partial charge in [0.1, 0.15) is 0 Å². The molecule has 4 fully saturated rings. The molecule has 0 radical (unpaired) electrons. The summed E-state index contributed by atoms with van der Waals surface area (Å²) in [5.41, 5.74) is 2.97. The molecule has 0 aromatic carbocycles. The molecule has 9 atom stereocenters. The molecule has 0 amide bonds. The molecular formula is C25H35NO2. The first-order valence-electron chi connectivity index (χ1n) is 11.9. The molecule has 0 bridgehead atoms. The van der Waals surface area contributed by atoms with Crippen LogP contribution in [0.1, 0.15) is 65.2 Å². The molecule has 28 heavy (non-hydrogen) atoms. The Bertz CT molecular complexity index is 769. The molecule has 6 rings (SSSR count). The van der Waals surface area contributed by atoms with Crippen LogP contribution >= 0.6 is 0 Å². The highest BCUT2D eigenvalue weighted by Gasteiger charge is 2.77. The maximum absolute atomic E-state index is 9.31. The number of fused-ring (bicyclic) bond motifs is 9. The minimum Gasteiger partial charge on any atom is -0.411 e. The van der Waals surface area contributed by atoms with Crippen LogP contribution in [-0.2, 0) is 4.74 Å². The van der Waals surface area contributed by atoms with Crippen LogP contribution in [0.3, 0.4) is 0 Å². The SMILES string of the molecule is CC[C@H]1CC2=C/C(=N/O)CC[C@@H]2C2CC[C@@]3(CC)C(C21)[C@@H]1C[C@H]1[C@@]31C=CCO1. The monoisotopic (exact) mass is 381 g/mol. The second-order valence-corrected chi connectivity index (χ2v) is 10.7. The third kappa shape index (κ3) is 1.98. The molecule has 1 N–H and O–H groups in total. The third-order valence-electron chi connectivity index (χ3n) is 10.3. The van der Waals surface area contributed by atoms with E-state index in [4.69, 9.17) is 4.74 Å². The Morgan fingerprint density at radius 3 is 2.86 bits per heavy atom. The van der Waals surface area contributed by atoms with E-state index < -0.39 is 0 Å². The smallest absolute Gasteiger partial charge is 0.0957 e. The molecule has 3 unspecified atom stereocenters. The maximum atomic E-state index is 9.31. The van der Waals surface area contributed by atoms with E-state index in [1.54, 1.807) is 5.57 Å². The van der Waals surface area contributed by atoms with Crippen molar-refractivity contribution in [2.24, 2.45) is 52.0 Å². The largest absolute Gasteiger partial charge is 0.411 e. The van der Waals surface area contributed by atoms with Crippen molar-refractivity contribution in [2.45, 2.75) is 70.8 Å². The lowest BCUT2D eigenvalue weighted by atomic mass is 9.45. The van der Waals surface area contributed by atoms with Gasteiger partial charge in [-0.1, -0.05) is 43.1 Å². The number of hydrogen-bond donors (Lipinski definition) is 1. The highest BCUT2D eigenvalue weighted by molar-refractivity contribution is 5.96. The fraction of sp³-hybridized carbons (Fsp3) is 0.800. The molecule has 1 spiro atoms. The van der Waals surface area contributed by atoms with Gasteiger partial charge in [-0.15, -0.1) is 0 Å². The highest BCUT2D eigenvalue weighted by Crippen LogP contribution is 2.79. The van der Waals surface area contributed by atoms with E-state index in [9.17, 15) is 5.21 Å². The van der Waals surface area contributed by atoms with Crippen molar-refractivity contribution in [3.05, 3.63) is 23.8 Å². The van der Waals surface area contributed by atoms with Crippen molar-refractivity contribution in [2.75, 3.05) is 6.61 Å². The summed E-state index contributed by atoms with van der Waals surface area (Å²) in [4.78, 5) is 0. The summed E-state index contributed by atoms with van der Waals surface area (Å²) in [5.74, 6) is 5.82. The molecule has 0 aromatic rings. The Morgan fingerprint density at radius 2 is 2.14 bits per heavy atom.